The van der Waals surface area contributed by atoms with E-state index in [0.717, 1.165) is 4.90 Å². The van der Waals surface area contributed by atoms with Crippen molar-refractivity contribution in [3.63, 3.8) is 0 Å². The normalized spacial score (nSPS) is 16.5. The van der Waals surface area contributed by atoms with Crippen molar-refractivity contribution in [1.82, 2.24) is 5.32 Å². The fourth-order valence-electron chi connectivity index (χ4n) is 2.25. The molecular formula is C17H10Cl2N2O3. The number of rotatable bonds is 2. The molecule has 1 aliphatic heterocycles. The van der Waals surface area contributed by atoms with E-state index in [1.807, 2.05) is 0 Å². The molecule has 0 aliphatic carbocycles. The molecule has 24 heavy (non-hydrogen) atoms. The molecule has 3 rings (SSSR count). The largest absolute Gasteiger partial charge is 0.335 e. The quantitative estimate of drug-likeness (QED) is 0.656. The first kappa shape index (κ1) is 16.2. The number of nitrogens with one attached hydrogen (secondary N) is 1. The maximum absolute atomic E-state index is 12.6. The number of imide groups is 2. The van der Waals surface area contributed by atoms with Crippen LogP contribution in [-0.2, 0) is 9.59 Å². The number of hydrogen-bond acceptors (Lipinski definition) is 3. The van der Waals surface area contributed by atoms with E-state index in [1.54, 1.807) is 36.4 Å². The number of hydrogen-bond donors (Lipinski definition) is 1. The predicted molar refractivity (Wildman–Crippen MR) is 91.9 cm³/mol. The molecule has 120 valence electrons. The van der Waals surface area contributed by atoms with Gasteiger partial charge in [0.15, 0.2) is 0 Å². The topological polar surface area (TPSA) is 66.5 Å². The van der Waals surface area contributed by atoms with Crippen molar-refractivity contribution in [2.24, 2.45) is 0 Å². The molecule has 1 N–H and O–H groups in total. The molecule has 2 aromatic rings. The third-order valence-electron chi connectivity index (χ3n) is 3.35. The maximum Gasteiger partial charge on any atom is 0.335 e. The smallest absolute Gasteiger partial charge is 0.273 e. The zero-order chi connectivity index (χ0) is 17.3. The van der Waals surface area contributed by atoms with Gasteiger partial charge in [0, 0.05) is 10.0 Å². The molecule has 0 saturated carbocycles. The van der Waals surface area contributed by atoms with Gasteiger partial charge in [-0.25, -0.2) is 9.69 Å². The molecule has 1 fully saturated rings. The first-order valence-electron chi connectivity index (χ1n) is 6.88. The van der Waals surface area contributed by atoms with Gasteiger partial charge in [-0.1, -0.05) is 35.3 Å². The molecule has 0 radical (unpaired) electrons. The summed E-state index contributed by atoms with van der Waals surface area (Å²) in [7, 11) is 0. The zero-order valence-corrected chi connectivity index (χ0v) is 13.6. The van der Waals surface area contributed by atoms with Gasteiger partial charge in [-0.3, -0.25) is 14.9 Å². The highest BCUT2D eigenvalue weighted by molar-refractivity contribution is 6.39. The summed E-state index contributed by atoms with van der Waals surface area (Å²) in [6.07, 6.45) is 1.39. The minimum Gasteiger partial charge on any atom is -0.273 e. The molecule has 0 aromatic heterocycles. The second-order valence-electron chi connectivity index (χ2n) is 4.99. The summed E-state index contributed by atoms with van der Waals surface area (Å²) in [5, 5.41) is 3.09. The Kier molecular flexibility index (Phi) is 4.38. The molecule has 1 aliphatic rings. The number of amides is 4. The molecule has 7 heteroatoms. The van der Waals surface area contributed by atoms with E-state index >= 15 is 0 Å². The Morgan fingerprint density at radius 3 is 2.29 bits per heavy atom. The molecule has 1 saturated heterocycles. The highest BCUT2D eigenvalue weighted by Crippen LogP contribution is 2.24. The Morgan fingerprint density at radius 2 is 1.62 bits per heavy atom. The van der Waals surface area contributed by atoms with Crippen LogP contribution in [0.3, 0.4) is 0 Å². The molecule has 0 atom stereocenters. The third kappa shape index (κ3) is 3.18. The van der Waals surface area contributed by atoms with Gasteiger partial charge in [0.1, 0.15) is 5.57 Å². The second kappa shape index (κ2) is 6.47. The number of benzene rings is 2. The average Bonchev–Trinajstić information content (AvgIpc) is 2.53. The van der Waals surface area contributed by atoms with Crippen LogP contribution in [-0.4, -0.2) is 17.8 Å². The van der Waals surface area contributed by atoms with Crippen molar-refractivity contribution >= 4 is 52.8 Å². The maximum atomic E-state index is 12.6. The molecule has 1 heterocycles. The van der Waals surface area contributed by atoms with Gasteiger partial charge in [0.2, 0.25) is 0 Å². The number of anilines is 1. The van der Waals surface area contributed by atoms with Gasteiger partial charge in [-0.05, 0) is 48.0 Å². The number of barbiturate groups is 1. The van der Waals surface area contributed by atoms with Crippen molar-refractivity contribution in [1.29, 1.82) is 0 Å². The Hall–Kier alpha value is -2.63. The number of halogens is 2. The lowest BCUT2D eigenvalue weighted by Gasteiger charge is -2.26. The van der Waals surface area contributed by atoms with Crippen molar-refractivity contribution in [2.75, 3.05) is 4.90 Å². The van der Waals surface area contributed by atoms with Crippen LogP contribution in [0.4, 0.5) is 10.5 Å². The number of urea groups is 1. The fourth-order valence-corrected chi connectivity index (χ4v) is 2.57. The fraction of sp³-hybridized carbons (Fsp3) is 0. The standard InChI is InChI=1S/C17H10Cl2N2O3/c18-11-4-6-13(7-5-11)21-16(23)14(15(22)20-17(21)24)9-10-2-1-3-12(19)8-10/h1-9H,(H,20,22,24)/b14-9+. The molecule has 2 aromatic carbocycles. The zero-order valence-electron chi connectivity index (χ0n) is 12.1. The van der Waals surface area contributed by atoms with Crippen LogP contribution < -0.4 is 10.2 Å². The Balaban J connectivity index is 2.01. The highest BCUT2D eigenvalue weighted by Gasteiger charge is 2.36. The Labute approximate surface area is 147 Å². The van der Waals surface area contributed by atoms with Crippen LogP contribution in [0, 0.1) is 0 Å². The summed E-state index contributed by atoms with van der Waals surface area (Å²) in [6, 6.07) is 12.0. The SMILES string of the molecule is O=C1NC(=O)N(c2ccc(Cl)cc2)C(=O)/C1=C/c1cccc(Cl)c1. The third-order valence-corrected chi connectivity index (χ3v) is 3.83. The minimum atomic E-state index is -0.810. The first-order chi connectivity index (χ1) is 11.5. The van der Waals surface area contributed by atoms with E-state index in [4.69, 9.17) is 23.2 Å². The van der Waals surface area contributed by atoms with Crippen LogP contribution in [0.15, 0.2) is 54.1 Å². The molecule has 5 nitrogen and oxygen atoms in total. The molecule has 0 spiro atoms. The van der Waals surface area contributed by atoms with E-state index in [1.165, 1.54) is 18.2 Å². The van der Waals surface area contributed by atoms with E-state index in [0.29, 0.717) is 21.3 Å². The lowest BCUT2D eigenvalue weighted by Crippen LogP contribution is -2.54. The number of carbonyl (C=O) groups excluding carboxylic acids is 3. The predicted octanol–water partition coefficient (Wildman–Crippen LogP) is 3.66. The van der Waals surface area contributed by atoms with Crippen molar-refractivity contribution in [3.8, 4) is 0 Å². The van der Waals surface area contributed by atoms with E-state index < -0.39 is 17.8 Å². The second-order valence-corrected chi connectivity index (χ2v) is 5.86. The monoisotopic (exact) mass is 360 g/mol. The molecule has 0 unspecified atom stereocenters. The van der Waals surface area contributed by atoms with E-state index in [2.05, 4.69) is 5.32 Å². The van der Waals surface area contributed by atoms with Crippen molar-refractivity contribution in [3.05, 3.63) is 69.7 Å². The summed E-state index contributed by atoms with van der Waals surface area (Å²) in [5.41, 5.74) is 0.726. The molecular weight excluding hydrogens is 351 g/mol. The summed E-state index contributed by atoms with van der Waals surface area (Å²) < 4.78 is 0. The van der Waals surface area contributed by atoms with E-state index in [-0.39, 0.29) is 5.57 Å². The van der Waals surface area contributed by atoms with Crippen molar-refractivity contribution < 1.29 is 14.4 Å². The van der Waals surface area contributed by atoms with Crippen LogP contribution in [0.25, 0.3) is 6.08 Å². The van der Waals surface area contributed by atoms with Crippen LogP contribution in [0.2, 0.25) is 10.0 Å². The summed E-state index contributed by atoms with van der Waals surface area (Å²) in [4.78, 5) is 37.6. The lowest BCUT2D eigenvalue weighted by atomic mass is 10.1. The van der Waals surface area contributed by atoms with Crippen molar-refractivity contribution in [2.45, 2.75) is 0 Å². The lowest BCUT2D eigenvalue weighted by molar-refractivity contribution is -0.122. The number of carbonyl (C=O) groups is 3. The van der Waals surface area contributed by atoms with Crippen LogP contribution >= 0.6 is 23.2 Å². The van der Waals surface area contributed by atoms with Crippen LogP contribution in [0.5, 0.6) is 0 Å². The van der Waals surface area contributed by atoms with Gasteiger partial charge in [0.25, 0.3) is 11.8 Å². The van der Waals surface area contributed by atoms with Gasteiger partial charge >= 0.3 is 6.03 Å². The average molecular weight is 361 g/mol. The highest BCUT2D eigenvalue weighted by atomic mass is 35.5. The Bertz CT molecular complexity index is 876. The summed E-state index contributed by atoms with van der Waals surface area (Å²) in [5.74, 6) is -1.47. The summed E-state index contributed by atoms with van der Waals surface area (Å²) in [6.45, 7) is 0. The van der Waals surface area contributed by atoms with Gasteiger partial charge in [0.05, 0.1) is 5.69 Å². The van der Waals surface area contributed by atoms with Crippen LogP contribution in [0.1, 0.15) is 5.56 Å². The minimum absolute atomic E-state index is 0.160. The molecule has 4 amide bonds. The first-order valence-corrected chi connectivity index (χ1v) is 7.64. The van der Waals surface area contributed by atoms with Gasteiger partial charge < -0.3 is 0 Å². The van der Waals surface area contributed by atoms with Gasteiger partial charge in [-0.2, -0.15) is 0 Å². The molecule has 0 bridgehead atoms. The summed E-state index contributed by atoms with van der Waals surface area (Å²) >= 11 is 11.7. The van der Waals surface area contributed by atoms with Gasteiger partial charge in [-0.15, -0.1) is 0 Å². The Morgan fingerprint density at radius 1 is 0.917 bits per heavy atom. The van der Waals surface area contributed by atoms with E-state index in [9.17, 15) is 14.4 Å². The number of nitrogens with zero attached hydrogens (tertiary/aromatic N) is 1.